The van der Waals surface area contributed by atoms with Crippen LogP contribution in [0.1, 0.15) is 34.6 Å². The van der Waals surface area contributed by atoms with E-state index < -0.39 is 0 Å². The highest BCUT2D eigenvalue weighted by molar-refractivity contribution is 6.05. The lowest BCUT2D eigenvalue weighted by Crippen LogP contribution is -2.34. The van der Waals surface area contributed by atoms with E-state index in [1.54, 1.807) is 0 Å². The zero-order valence-electron chi connectivity index (χ0n) is 11.4. The standard InChI is InChI=1S/C13H22N2O2/c1-12(2,3)9-8-17-11(15-9)13(4,5)10-14-6-7-16-10/h9H,6-8H2,1-5H3/t9-/m1/s1. The average molecular weight is 238 g/mol. The normalized spacial score (nSPS) is 25.1. The number of rotatable bonds is 2. The highest BCUT2D eigenvalue weighted by Gasteiger charge is 2.41. The maximum Gasteiger partial charge on any atom is 0.199 e. The topological polar surface area (TPSA) is 43.2 Å². The van der Waals surface area contributed by atoms with Crippen LogP contribution in [0.3, 0.4) is 0 Å². The molecule has 0 saturated carbocycles. The molecule has 2 heterocycles. The molecule has 1 atom stereocenters. The fourth-order valence-corrected chi connectivity index (χ4v) is 1.96. The van der Waals surface area contributed by atoms with Gasteiger partial charge in [-0.25, -0.2) is 4.99 Å². The Morgan fingerprint density at radius 2 is 1.76 bits per heavy atom. The summed E-state index contributed by atoms with van der Waals surface area (Å²) < 4.78 is 11.3. The van der Waals surface area contributed by atoms with Gasteiger partial charge in [-0.3, -0.25) is 4.99 Å². The summed E-state index contributed by atoms with van der Waals surface area (Å²) in [6, 6.07) is 0.221. The molecule has 0 aliphatic carbocycles. The fraction of sp³-hybridized carbons (Fsp3) is 0.846. The van der Waals surface area contributed by atoms with Crippen LogP contribution in [0.25, 0.3) is 0 Å². The maximum atomic E-state index is 5.76. The molecule has 0 aromatic heterocycles. The molecule has 2 rings (SSSR count). The predicted octanol–water partition coefficient (Wildman–Crippen LogP) is 2.28. The Balaban J connectivity index is 2.18. The summed E-state index contributed by atoms with van der Waals surface area (Å²) in [4.78, 5) is 9.08. The third-order valence-electron chi connectivity index (χ3n) is 3.31. The maximum absolute atomic E-state index is 5.76. The molecule has 0 saturated heterocycles. The Morgan fingerprint density at radius 3 is 2.24 bits per heavy atom. The van der Waals surface area contributed by atoms with Crippen LogP contribution in [0.4, 0.5) is 0 Å². The number of ether oxygens (including phenoxy) is 2. The third-order valence-corrected chi connectivity index (χ3v) is 3.31. The highest BCUT2D eigenvalue weighted by atomic mass is 16.5. The molecule has 0 bridgehead atoms. The summed E-state index contributed by atoms with van der Waals surface area (Å²) >= 11 is 0. The van der Waals surface area contributed by atoms with Crippen molar-refractivity contribution in [1.82, 2.24) is 0 Å². The second-order valence-corrected chi connectivity index (χ2v) is 6.29. The molecule has 2 aliphatic heterocycles. The molecule has 0 spiro atoms. The molecule has 0 aromatic rings. The monoisotopic (exact) mass is 238 g/mol. The summed E-state index contributed by atoms with van der Waals surface area (Å²) in [6.45, 7) is 12.7. The van der Waals surface area contributed by atoms with Crippen molar-refractivity contribution in [3.63, 3.8) is 0 Å². The summed E-state index contributed by atoms with van der Waals surface area (Å²) in [6.07, 6.45) is 0. The minimum atomic E-state index is -0.337. The lowest BCUT2D eigenvalue weighted by Gasteiger charge is -2.23. The quantitative estimate of drug-likeness (QED) is 0.740. The molecule has 96 valence electrons. The van der Waals surface area contributed by atoms with Gasteiger partial charge in [-0.1, -0.05) is 20.8 Å². The van der Waals surface area contributed by atoms with Gasteiger partial charge in [0.1, 0.15) is 18.6 Å². The van der Waals surface area contributed by atoms with E-state index in [4.69, 9.17) is 14.5 Å². The first-order valence-corrected chi connectivity index (χ1v) is 6.20. The number of aliphatic imine (C=N–C) groups is 2. The van der Waals surface area contributed by atoms with Crippen molar-refractivity contribution in [1.29, 1.82) is 0 Å². The highest BCUT2D eigenvalue weighted by Crippen LogP contribution is 2.32. The summed E-state index contributed by atoms with van der Waals surface area (Å²) in [5.41, 5.74) is -0.202. The summed E-state index contributed by atoms with van der Waals surface area (Å²) in [7, 11) is 0. The van der Waals surface area contributed by atoms with Crippen molar-refractivity contribution < 1.29 is 9.47 Å². The fourth-order valence-electron chi connectivity index (χ4n) is 1.96. The second kappa shape index (κ2) is 4.00. The third kappa shape index (κ3) is 2.31. The van der Waals surface area contributed by atoms with Crippen LogP contribution in [-0.2, 0) is 9.47 Å². The van der Waals surface area contributed by atoms with Crippen molar-refractivity contribution in [2.45, 2.75) is 40.7 Å². The Kier molecular flexibility index (Phi) is 2.92. The molecule has 0 radical (unpaired) electrons. The molecule has 17 heavy (non-hydrogen) atoms. The smallest absolute Gasteiger partial charge is 0.199 e. The molecule has 2 aliphatic rings. The van der Waals surface area contributed by atoms with E-state index in [1.165, 1.54) is 0 Å². The molecule has 4 nitrogen and oxygen atoms in total. The van der Waals surface area contributed by atoms with E-state index in [0.29, 0.717) is 13.2 Å². The van der Waals surface area contributed by atoms with Crippen molar-refractivity contribution in [2.24, 2.45) is 20.8 Å². The minimum Gasteiger partial charge on any atom is -0.478 e. The van der Waals surface area contributed by atoms with Gasteiger partial charge in [0, 0.05) is 0 Å². The van der Waals surface area contributed by atoms with E-state index in [2.05, 4.69) is 39.6 Å². The Morgan fingerprint density at radius 1 is 1.06 bits per heavy atom. The molecule has 0 amide bonds. The van der Waals surface area contributed by atoms with E-state index >= 15 is 0 Å². The molecular formula is C13H22N2O2. The first-order chi connectivity index (χ1) is 7.82. The SMILES string of the molecule is CC(C)(C1=NCCO1)C1=N[C@@H](C(C)(C)C)CO1. The lowest BCUT2D eigenvalue weighted by molar-refractivity contribution is 0.223. The van der Waals surface area contributed by atoms with Gasteiger partial charge in [0.05, 0.1) is 12.6 Å². The van der Waals surface area contributed by atoms with Crippen molar-refractivity contribution in [3.8, 4) is 0 Å². The summed E-state index contributed by atoms with van der Waals surface area (Å²) in [5, 5.41) is 0. The van der Waals surface area contributed by atoms with Gasteiger partial charge in [0.15, 0.2) is 11.8 Å². The number of hydrogen-bond donors (Lipinski definition) is 0. The lowest BCUT2D eigenvalue weighted by atomic mass is 9.88. The Bertz CT molecular complexity index is 364. The van der Waals surface area contributed by atoms with Crippen LogP contribution in [0, 0.1) is 10.8 Å². The molecule has 0 N–H and O–H groups in total. The van der Waals surface area contributed by atoms with Crippen LogP contribution >= 0.6 is 0 Å². The predicted molar refractivity (Wildman–Crippen MR) is 68.7 cm³/mol. The van der Waals surface area contributed by atoms with Crippen LogP contribution in [-0.4, -0.2) is 37.6 Å². The molecule has 4 heteroatoms. The van der Waals surface area contributed by atoms with Crippen LogP contribution in [0.15, 0.2) is 9.98 Å². The Labute approximate surface area is 103 Å². The van der Waals surface area contributed by atoms with Crippen molar-refractivity contribution in [3.05, 3.63) is 0 Å². The van der Waals surface area contributed by atoms with Crippen molar-refractivity contribution >= 4 is 11.8 Å². The van der Waals surface area contributed by atoms with Crippen LogP contribution in [0.2, 0.25) is 0 Å². The first kappa shape index (κ1) is 12.4. The molecule has 0 fully saturated rings. The zero-order valence-corrected chi connectivity index (χ0v) is 11.4. The minimum absolute atomic E-state index is 0.135. The largest absolute Gasteiger partial charge is 0.478 e. The second-order valence-electron chi connectivity index (χ2n) is 6.29. The first-order valence-electron chi connectivity index (χ1n) is 6.20. The van der Waals surface area contributed by atoms with Gasteiger partial charge >= 0.3 is 0 Å². The van der Waals surface area contributed by atoms with Gasteiger partial charge in [-0.05, 0) is 19.3 Å². The van der Waals surface area contributed by atoms with Gasteiger partial charge in [-0.15, -0.1) is 0 Å². The van der Waals surface area contributed by atoms with E-state index in [0.717, 1.165) is 18.3 Å². The van der Waals surface area contributed by atoms with Crippen LogP contribution in [0.5, 0.6) is 0 Å². The van der Waals surface area contributed by atoms with Gasteiger partial charge in [-0.2, -0.15) is 0 Å². The van der Waals surface area contributed by atoms with E-state index in [-0.39, 0.29) is 16.9 Å². The molecular weight excluding hydrogens is 216 g/mol. The van der Waals surface area contributed by atoms with E-state index in [1.807, 2.05) is 0 Å². The van der Waals surface area contributed by atoms with Gasteiger partial charge in [0.25, 0.3) is 0 Å². The van der Waals surface area contributed by atoms with E-state index in [9.17, 15) is 0 Å². The van der Waals surface area contributed by atoms with Gasteiger partial charge < -0.3 is 9.47 Å². The van der Waals surface area contributed by atoms with Crippen LogP contribution < -0.4 is 0 Å². The molecule has 0 aromatic carbocycles. The Hall–Kier alpha value is -1.06. The molecule has 0 unspecified atom stereocenters. The average Bonchev–Trinajstić information content (AvgIpc) is 2.89. The number of nitrogens with zero attached hydrogens (tertiary/aromatic N) is 2. The number of hydrogen-bond acceptors (Lipinski definition) is 4. The van der Waals surface area contributed by atoms with Gasteiger partial charge in [0.2, 0.25) is 0 Å². The van der Waals surface area contributed by atoms with Crippen molar-refractivity contribution in [2.75, 3.05) is 19.8 Å². The zero-order chi connectivity index (χ0) is 12.7. The summed E-state index contributed by atoms with van der Waals surface area (Å²) in [5.74, 6) is 1.52.